The molecule has 0 amide bonds. The Labute approximate surface area is 134 Å². The van der Waals surface area contributed by atoms with Crippen molar-refractivity contribution in [3.63, 3.8) is 0 Å². The number of carboxylic acids is 1. The maximum absolute atomic E-state index is 12.5. The first-order chi connectivity index (χ1) is 10.2. The Hall–Kier alpha value is -1.27. The summed E-state index contributed by atoms with van der Waals surface area (Å²) in [5.41, 5.74) is -0.986. The molecule has 2 atom stereocenters. The molecule has 1 aliphatic carbocycles. The second-order valence-corrected chi connectivity index (χ2v) is 7.75. The fourth-order valence-corrected chi connectivity index (χ4v) is 2.53. The molecule has 4 nitrogen and oxygen atoms in total. The van der Waals surface area contributed by atoms with E-state index in [-0.39, 0.29) is 11.8 Å². The minimum Gasteiger partial charge on any atom is -0.481 e. The highest BCUT2D eigenvalue weighted by atomic mass is 19.4. The maximum atomic E-state index is 12.5. The van der Waals surface area contributed by atoms with Crippen LogP contribution in [0, 0.1) is 17.3 Å². The van der Waals surface area contributed by atoms with Gasteiger partial charge >= 0.3 is 18.1 Å². The van der Waals surface area contributed by atoms with Gasteiger partial charge in [0.2, 0.25) is 0 Å². The molecule has 0 radical (unpaired) electrons. The number of hydrogen-bond acceptors (Lipinski definition) is 3. The minimum atomic E-state index is -4.45. The van der Waals surface area contributed by atoms with Crippen molar-refractivity contribution in [3.8, 4) is 0 Å². The monoisotopic (exact) mass is 338 g/mol. The van der Waals surface area contributed by atoms with Crippen LogP contribution in [0.15, 0.2) is 0 Å². The molecule has 2 unspecified atom stereocenters. The number of esters is 1. The molecular formula is C16H25F3O4. The molecule has 0 bridgehead atoms. The van der Waals surface area contributed by atoms with Crippen LogP contribution in [0.5, 0.6) is 0 Å². The van der Waals surface area contributed by atoms with Crippen LogP contribution in [-0.4, -0.2) is 28.8 Å². The first kappa shape index (κ1) is 19.8. The van der Waals surface area contributed by atoms with Crippen LogP contribution in [0.1, 0.15) is 59.8 Å². The quantitative estimate of drug-likeness (QED) is 0.707. The Bertz CT molecular complexity index is 447. The number of carbonyl (C=O) groups is 2. The number of hydrogen-bond donors (Lipinski definition) is 1. The molecule has 1 fully saturated rings. The molecule has 0 aromatic heterocycles. The van der Waals surface area contributed by atoms with Crippen LogP contribution < -0.4 is 0 Å². The second kappa shape index (κ2) is 6.69. The van der Waals surface area contributed by atoms with Gasteiger partial charge in [-0.3, -0.25) is 9.59 Å². The van der Waals surface area contributed by atoms with Crippen LogP contribution in [0.4, 0.5) is 13.2 Å². The van der Waals surface area contributed by atoms with E-state index < -0.39 is 48.4 Å². The smallest absolute Gasteiger partial charge is 0.389 e. The van der Waals surface area contributed by atoms with E-state index in [4.69, 9.17) is 4.74 Å². The average Bonchev–Trinajstić information content (AvgIpc) is 3.01. The van der Waals surface area contributed by atoms with Gasteiger partial charge in [0.25, 0.3) is 0 Å². The summed E-state index contributed by atoms with van der Waals surface area (Å²) in [7, 11) is 0. The summed E-state index contributed by atoms with van der Waals surface area (Å²) in [6.07, 6.45) is -4.35. The zero-order valence-electron chi connectivity index (χ0n) is 14.0. The molecule has 7 heteroatoms. The number of carboxylic acid groups (broad SMARTS) is 1. The molecule has 0 aromatic carbocycles. The molecule has 0 aliphatic heterocycles. The highest BCUT2D eigenvalue weighted by molar-refractivity contribution is 5.81. The highest BCUT2D eigenvalue weighted by Gasteiger charge is 2.47. The SMILES string of the molecule is CC1(CC(C(=O)OC(C)(C)C)C(CCC(F)(F)F)C(=O)O)CC1. The lowest BCUT2D eigenvalue weighted by atomic mass is 9.81. The summed E-state index contributed by atoms with van der Waals surface area (Å²) in [5.74, 6) is -4.54. The summed E-state index contributed by atoms with van der Waals surface area (Å²) in [5, 5.41) is 9.33. The first-order valence-electron chi connectivity index (χ1n) is 7.75. The first-order valence-corrected chi connectivity index (χ1v) is 7.75. The molecule has 134 valence electrons. The zero-order chi connectivity index (χ0) is 18.1. The van der Waals surface area contributed by atoms with Gasteiger partial charge in [0.05, 0.1) is 11.8 Å². The Morgan fingerprint density at radius 2 is 1.70 bits per heavy atom. The fraction of sp³-hybridized carbons (Fsp3) is 0.875. The van der Waals surface area contributed by atoms with Crippen LogP contribution in [-0.2, 0) is 14.3 Å². The molecule has 0 saturated heterocycles. The summed E-state index contributed by atoms with van der Waals surface area (Å²) in [6.45, 7) is 6.85. The van der Waals surface area contributed by atoms with Crippen LogP contribution in [0.3, 0.4) is 0 Å². The lowest BCUT2D eigenvalue weighted by Crippen LogP contribution is -2.37. The maximum Gasteiger partial charge on any atom is 0.389 e. The predicted octanol–water partition coefficient (Wildman–Crippen LogP) is 4.18. The zero-order valence-corrected chi connectivity index (χ0v) is 14.0. The molecule has 1 rings (SSSR count). The van der Waals surface area contributed by atoms with E-state index in [9.17, 15) is 27.9 Å². The third-order valence-corrected chi connectivity index (χ3v) is 4.07. The molecule has 0 spiro atoms. The normalized spacial score (nSPS) is 19.8. The topological polar surface area (TPSA) is 63.6 Å². The lowest BCUT2D eigenvalue weighted by Gasteiger charge is -2.29. The van der Waals surface area contributed by atoms with Crippen molar-refractivity contribution in [1.29, 1.82) is 0 Å². The standard InChI is InChI=1S/C16H25F3O4/c1-14(2,3)23-13(22)11(9-15(4)7-8-15)10(12(20)21)5-6-16(17,18)19/h10-11H,5-9H2,1-4H3,(H,20,21). The highest BCUT2D eigenvalue weighted by Crippen LogP contribution is 2.51. The van der Waals surface area contributed by atoms with Crippen molar-refractivity contribution in [1.82, 2.24) is 0 Å². The van der Waals surface area contributed by atoms with Gasteiger partial charge < -0.3 is 9.84 Å². The van der Waals surface area contributed by atoms with Crippen LogP contribution in [0.2, 0.25) is 0 Å². The number of alkyl halides is 3. The number of carbonyl (C=O) groups excluding carboxylic acids is 1. The van der Waals surface area contributed by atoms with Crippen molar-refractivity contribution in [2.24, 2.45) is 17.3 Å². The van der Waals surface area contributed by atoms with Gasteiger partial charge in [0, 0.05) is 6.42 Å². The lowest BCUT2D eigenvalue weighted by molar-refractivity contribution is -0.171. The summed E-state index contributed by atoms with van der Waals surface area (Å²) in [4.78, 5) is 23.8. The van der Waals surface area contributed by atoms with Crippen molar-refractivity contribution < 1.29 is 32.6 Å². The molecule has 0 heterocycles. The van der Waals surface area contributed by atoms with Gasteiger partial charge in [0.1, 0.15) is 5.60 Å². The van der Waals surface area contributed by atoms with Gasteiger partial charge in [-0.15, -0.1) is 0 Å². The van der Waals surface area contributed by atoms with Crippen molar-refractivity contribution in [2.45, 2.75) is 71.6 Å². The van der Waals surface area contributed by atoms with Crippen molar-refractivity contribution in [3.05, 3.63) is 0 Å². The number of halogens is 3. The molecule has 0 aromatic rings. The molecule has 1 aliphatic rings. The average molecular weight is 338 g/mol. The summed E-state index contributed by atoms with van der Waals surface area (Å²) >= 11 is 0. The number of ether oxygens (including phenoxy) is 1. The van der Waals surface area contributed by atoms with E-state index >= 15 is 0 Å². The van der Waals surface area contributed by atoms with Crippen LogP contribution in [0.25, 0.3) is 0 Å². The Kier molecular flexibility index (Phi) is 5.75. The molecule has 23 heavy (non-hydrogen) atoms. The third kappa shape index (κ3) is 7.22. The summed E-state index contributed by atoms with van der Waals surface area (Å²) < 4.78 is 42.6. The van der Waals surface area contributed by atoms with E-state index in [2.05, 4.69) is 0 Å². The van der Waals surface area contributed by atoms with E-state index in [0.29, 0.717) is 0 Å². The Morgan fingerprint density at radius 3 is 2.04 bits per heavy atom. The number of rotatable bonds is 7. The Balaban J connectivity index is 2.93. The van der Waals surface area contributed by atoms with E-state index in [1.54, 1.807) is 20.8 Å². The molecule has 1 saturated carbocycles. The van der Waals surface area contributed by atoms with Gasteiger partial charge in [-0.2, -0.15) is 13.2 Å². The van der Waals surface area contributed by atoms with Gasteiger partial charge in [0.15, 0.2) is 0 Å². The number of aliphatic carboxylic acids is 1. The van der Waals surface area contributed by atoms with Crippen LogP contribution >= 0.6 is 0 Å². The molecular weight excluding hydrogens is 313 g/mol. The van der Waals surface area contributed by atoms with Gasteiger partial charge in [-0.1, -0.05) is 6.92 Å². The fourth-order valence-electron chi connectivity index (χ4n) is 2.53. The van der Waals surface area contributed by atoms with E-state index in [1.807, 2.05) is 6.92 Å². The third-order valence-electron chi connectivity index (χ3n) is 4.07. The van der Waals surface area contributed by atoms with Gasteiger partial charge in [-0.05, 0) is 51.9 Å². The molecule has 1 N–H and O–H groups in total. The summed E-state index contributed by atoms with van der Waals surface area (Å²) in [6, 6.07) is 0. The largest absolute Gasteiger partial charge is 0.481 e. The van der Waals surface area contributed by atoms with Crippen molar-refractivity contribution in [2.75, 3.05) is 0 Å². The predicted molar refractivity (Wildman–Crippen MR) is 77.7 cm³/mol. The van der Waals surface area contributed by atoms with Gasteiger partial charge in [-0.25, -0.2) is 0 Å². The van der Waals surface area contributed by atoms with Crippen molar-refractivity contribution >= 4 is 11.9 Å². The van der Waals surface area contributed by atoms with E-state index in [1.165, 1.54) is 0 Å². The minimum absolute atomic E-state index is 0.173. The second-order valence-electron chi connectivity index (χ2n) is 7.75. The van der Waals surface area contributed by atoms with E-state index in [0.717, 1.165) is 12.8 Å². The Morgan fingerprint density at radius 1 is 1.17 bits per heavy atom.